The van der Waals surface area contributed by atoms with Crippen LogP contribution in [0.5, 0.6) is 0 Å². The molecule has 0 saturated heterocycles. The molecule has 0 fully saturated rings. The van der Waals surface area contributed by atoms with E-state index in [2.05, 4.69) is 17.5 Å². The number of aliphatic imine (C=N–C) groups is 1. The molecule has 0 heterocycles. The average Bonchev–Trinajstić information content (AvgIpc) is 3.18. The van der Waals surface area contributed by atoms with Gasteiger partial charge in [-0.3, -0.25) is 9.56 Å². The van der Waals surface area contributed by atoms with Crippen LogP contribution in [0, 0.1) is 5.82 Å². The van der Waals surface area contributed by atoms with Gasteiger partial charge in [0.2, 0.25) is 0 Å². The first-order valence-electron chi connectivity index (χ1n) is 14.1. The molecule has 0 bridgehead atoms. The third-order valence-corrected chi connectivity index (χ3v) is 8.92. The molecule has 0 radical (unpaired) electrons. The predicted octanol–water partition coefficient (Wildman–Crippen LogP) is 8.37. The van der Waals surface area contributed by atoms with Gasteiger partial charge in [0.15, 0.2) is 5.78 Å². The number of carbonyl (C=O) groups excluding carboxylic acids is 1. The molecule has 0 aliphatic heterocycles. The van der Waals surface area contributed by atoms with E-state index in [1.54, 1.807) is 48.5 Å². The van der Waals surface area contributed by atoms with Crippen LogP contribution in [-0.2, 0) is 18.3 Å². The van der Waals surface area contributed by atoms with Crippen LogP contribution in [0.3, 0.4) is 0 Å². The zero-order valence-electron chi connectivity index (χ0n) is 24.8. The van der Waals surface area contributed by atoms with Crippen molar-refractivity contribution in [2.45, 2.75) is 90.9 Å². The summed E-state index contributed by atoms with van der Waals surface area (Å²) in [5.41, 5.74) is 4.44. The third kappa shape index (κ3) is 7.42. The summed E-state index contributed by atoms with van der Waals surface area (Å²) in [5.74, 6) is -1.66. The summed E-state index contributed by atoms with van der Waals surface area (Å²) in [7, 11) is -4.09. The first-order valence-corrected chi connectivity index (χ1v) is 15.7. The zero-order chi connectivity index (χ0) is 29.9. The molecule has 1 N–H and O–H groups in total. The van der Waals surface area contributed by atoms with Crippen molar-refractivity contribution in [3.8, 4) is 0 Å². The highest BCUT2D eigenvalue weighted by atomic mass is 31.2. The van der Waals surface area contributed by atoms with E-state index in [4.69, 9.17) is 18.8 Å². The summed E-state index contributed by atoms with van der Waals surface area (Å²) in [6.07, 6.45) is 4.16. The van der Waals surface area contributed by atoms with Crippen molar-refractivity contribution < 1.29 is 27.5 Å². The number of fused-ring (bicyclic) bond motifs is 2. The quantitative estimate of drug-likeness (QED) is 0.300. The molecular formula is C32H40FN2O5P. The topological polar surface area (TPSA) is 86.2 Å². The number of amides is 1. The van der Waals surface area contributed by atoms with Crippen molar-refractivity contribution in [3.63, 3.8) is 0 Å². The molecule has 0 aromatic heterocycles. The Hall–Kier alpha value is -3.06. The number of nitrogens with zero attached hydrogens (tertiary/aromatic N) is 1. The van der Waals surface area contributed by atoms with Gasteiger partial charge in [0.25, 0.3) is 0 Å². The van der Waals surface area contributed by atoms with Gasteiger partial charge in [0.1, 0.15) is 11.4 Å². The van der Waals surface area contributed by atoms with Crippen LogP contribution >= 0.6 is 7.60 Å². The summed E-state index contributed by atoms with van der Waals surface area (Å²) in [6.45, 7) is 12.3. The SMILES string of the molecule is CC(C)OP(=O)(OC(C)C)C(/N=C1/C2=C(C=CCC2)c2ccccc21)C(NC(=O)OC(C)(C)C)c1ccc(F)cc1. The maximum atomic E-state index is 14.9. The molecule has 1 amide bonds. The summed E-state index contributed by atoms with van der Waals surface area (Å²) in [6, 6.07) is 12.6. The van der Waals surface area contributed by atoms with E-state index >= 15 is 0 Å². The Kier molecular flexibility index (Phi) is 9.37. The lowest BCUT2D eigenvalue weighted by atomic mass is 9.97. The molecule has 41 heavy (non-hydrogen) atoms. The highest BCUT2D eigenvalue weighted by Crippen LogP contribution is 2.60. The first kappa shape index (κ1) is 30.9. The Labute approximate surface area is 242 Å². The number of alkyl carbamates (subject to hydrolysis) is 1. The average molecular weight is 583 g/mol. The minimum atomic E-state index is -4.09. The summed E-state index contributed by atoms with van der Waals surface area (Å²) in [5, 5.41) is 2.88. The molecular weight excluding hydrogens is 542 g/mol. The fraction of sp³-hybridized carbons (Fsp3) is 0.438. The molecule has 9 heteroatoms. The van der Waals surface area contributed by atoms with Crippen LogP contribution in [0.2, 0.25) is 0 Å². The number of hydrogen-bond donors (Lipinski definition) is 1. The number of rotatable bonds is 9. The van der Waals surface area contributed by atoms with Crippen molar-refractivity contribution >= 4 is 25.0 Å². The highest BCUT2D eigenvalue weighted by molar-refractivity contribution is 7.54. The van der Waals surface area contributed by atoms with E-state index in [0.717, 1.165) is 35.1 Å². The normalized spacial score (nSPS) is 17.6. The Morgan fingerprint density at radius 2 is 1.59 bits per heavy atom. The molecule has 2 atom stereocenters. The van der Waals surface area contributed by atoms with Crippen molar-refractivity contribution in [1.82, 2.24) is 5.32 Å². The molecule has 7 nitrogen and oxygen atoms in total. The van der Waals surface area contributed by atoms with Crippen LogP contribution in [0.25, 0.3) is 5.57 Å². The molecule has 2 unspecified atom stereocenters. The number of allylic oxidation sites excluding steroid dienone is 4. The zero-order valence-corrected chi connectivity index (χ0v) is 25.7. The third-order valence-electron chi connectivity index (χ3n) is 6.43. The van der Waals surface area contributed by atoms with Gasteiger partial charge >= 0.3 is 13.7 Å². The highest BCUT2D eigenvalue weighted by Gasteiger charge is 2.46. The number of ether oxygens (including phenoxy) is 1. The molecule has 2 aliphatic rings. The predicted molar refractivity (Wildman–Crippen MR) is 161 cm³/mol. The van der Waals surface area contributed by atoms with Gasteiger partial charge in [-0.1, -0.05) is 48.6 Å². The lowest BCUT2D eigenvalue weighted by molar-refractivity contribution is 0.0498. The molecule has 2 aliphatic carbocycles. The maximum Gasteiger partial charge on any atom is 0.408 e. The van der Waals surface area contributed by atoms with Crippen LogP contribution in [0.1, 0.15) is 84.0 Å². The fourth-order valence-corrected chi connectivity index (χ4v) is 7.37. The van der Waals surface area contributed by atoms with Crippen molar-refractivity contribution in [2.75, 3.05) is 0 Å². The van der Waals surface area contributed by atoms with Crippen molar-refractivity contribution in [3.05, 3.63) is 88.8 Å². The lowest BCUT2D eigenvalue weighted by Gasteiger charge is -2.34. The molecule has 2 aromatic carbocycles. The maximum absolute atomic E-state index is 14.9. The fourth-order valence-electron chi connectivity index (χ4n) is 5.03. The minimum Gasteiger partial charge on any atom is -0.444 e. The number of nitrogens with one attached hydrogen (secondary N) is 1. The Morgan fingerprint density at radius 1 is 0.976 bits per heavy atom. The van der Waals surface area contributed by atoms with Gasteiger partial charge in [0, 0.05) is 5.56 Å². The lowest BCUT2D eigenvalue weighted by Crippen LogP contribution is -2.40. The molecule has 220 valence electrons. The van der Waals surface area contributed by atoms with Gasteiger partial charge in [0.05, 0.1) is 24.0 Å². The smallest absolute Gasteiger partial charge is 0.408 e. The van der Waals surface area contributed by atoms with Crippen LogP contribution < -0.4 is 5.32 Å². The number of halogens is 1. The van der Waals surface area contributed by atoms with E-state index in [1.165, 1.54) is 24.3 Å². The second-order valence-corrected chi connectivity index (χ2v) is 13.8. The summed E-state index contributed by atoms with van der Waals surface area (Å²) >= 11 is 0. The van der Waals surface area contributed by atoms with E-state index < -0.39 is 49.1 Å². The number of hydrogen-bond acceptors (Lipinski definition) is 6. The second kappa shape index (κ2) is 12.4. The Balaban J connectivity index is 1.96. The molecule has 0 saturated carbocycles. The van der Waals surface area contributed by atoms with Crippen LogP contribution in [0.15, 0.2) is 71.2 Å². The van der Waals surface area contributed by atoms with Gasteiger partial charge in [-0.05, 0) is 95.7 Å². The summed E-state index contributed by atoms with van der Waals surface area (Å²) in [4.78, 5) is 18.4. The number of benzene rings is 2. The van der Waals surface area contributed by atoms with Gasteiger partial charge in [-0.2, -0.15) is 0 Å². The van der Waals surface area contributed by atoms with E-state index in [0.29, 0.717) is 11.3 Å². The first-order chi connectivity index (χ1) is 19.3. The Bertz CT molecular complexity index is 1390. The van der Waals surface area contributed by atoms with Gasteiger partial charge in [-0.25, -0.2) is 9.18 Å². The largest absolute Gasteiger partial charge is 0.444 e. The molecule has 4 rings (SSSR count). The van der Waals surface area contributed by atoms with E-state index in [9.17, 15) is 13.8 Å². The Morgan fingerprint density at radius 3 is 2.17 bits per heavy atom. The van der Waals surface area contributed by atoms with Gasteiger partial charge in [-0.15, -0.1) is 0 Å². The van der Waals surface area contributed by atoms with Crippen LogP contribution in [0.4, 0.5) is 9.18 Å². The molecule has 2 aromatic rings. The monoisotopic (exact) mass is 582 g/mol. The van der Waals surface area contributed by atoms with Gasteiger partial charge < -0.3 is 19.1 Å². The van der Waals surface area contributed by atoms with E-state index in [-0.39, 0.29) is 0 Å². The van der Waals surface area contributed by atoms with Crippen LogP contribution in [-0.4, -0.2) is 35.4 Å². The molecule has 0 spiro atoms. The second-order valence-electron chi connectivity index (χ2n) is 11.8. The van der Waals surface area contributed by atoms with Crippen molar-refractivity contribution in [2.24, 2.45) is 4.99 Å². The number of carbonyl (C=O) groups is 1. The minimum absolute atomic E-state index is 0.443. The standard InChI is InChI=1S/C32H40FN2O5P/c1-20(2)39-41(37,40-21(3)4)30(28(22-16-18-23(33)19-17-22)35-31(36)38-32(5,6)7)34-29-26-14-10-8-12-24(26)25-13-9-11-15-27(25)29/h8-10,12-14,16-21,28,30H,11,15H2,1-7H3,(H,35,36)/b34-29+. The van der Waals surface area contributed by atoms with Crippen molar-refractivity contribution in [1.29, 1.82) is 0 Å². The summed E-state index contributed by atoms with van der Waals surface area (Å²) < 4.78 is 46.7. The van der Waals surface area contributed by atoms with E-state index in [1.807, 2.05) is 24.3 Å².